The number of aliphatic imine (C=N–C) groups is 1. The van der Waals surface area contributed by atoms with E-state index in [2.05, 4.69) is 34.2 Å². The largest absolute Gasteiger partial charge is 0.379 e. The lowest BCUT2D eigenvalue weighted by Crippen LogP contribution is -2.35. The van der Waals surface area contributed by atoms with Gasteiger partial charge in [-0.2, -0.15) is 4.99 Å². The van der Waals surface area contributed by atoms with Crippen LogP contribution < -0.4 is 0 Å². The summed E-state index contributed by atoms with van der Waals surface area (Å²) in [5.74, 6) is 0. The van der Waals surface area contributed by atoms with E-state index in [-0.39, 0.29) is 5.54 Å². The van der Waals surface area contributed by atoms with Crippen molar-refractivity contribution in [1.29, 1.82) is 0 Å². The monoisotopic (exact) mass is 286 g/mol. The number of morpholine rings is 1. The molecule has 0 atom stereocenters. The summed E-state index contributed by atoms with van der Waals surface area (Å²) in [6.45, 7) is 4.63. The molecule has 0 N–H and O–H groups in total. The number of hydrogen-bond donors (Lipinski definition) is 0. The molecule has 1 aromatic carbocycles. The van der Waals surface area contributed by atoms with Crippen molar-refractivity contribution >= 4 is 6.08 Å². The van der Waals surface area contributed by atoms with Gasteiger partial charge in [0.25, 0.3) is 0 Å². The van der Waals surface area contributed by atoms with Gasteiger partial charge in [0.2, 0.25) is 6.08 Å². The van der Waals surface area contributed by atoms with E-state index in [1.54, 1.807) is 6.08 Å². The maximum atomic E-state index is 10.8. The third kappa shape index (κ3) is 3.24. The maximum absolute atomic E-state index is 10.8. The number of nitrogens with zero attached hydrogens (tertiary/aromatic N) is 2. The second-order valence-corrected chi connectivity index (χ2v) is 6.03. The van der Waals surface area contributed by atoms with Crippen molar-refractivity contribution in [2.75, 3.05) is 26.3 Å². The van der Waals surface area contributed by atoms with Crippen molar-refractivity contribution in [1.82, 2.24) is 4.90 Å². The van der Waals surface area contributed by atoms with Crippen LogP contribution in [-0.2, 0) is 21.6 Å². The Morgan fingerprint density at radius 3 is 2.43 bits per heavy atom. The summed E-state index contributed by atoms with van der Waals surface area (Å²) in [4.78, 5) is 17.3. The molecule has 112 valence electrons. The normalized spacial score (nSPS) is 21.9. The van der Waals surface area contributed by atoms with Crippen LogP contribution in [0.4, 0.5) is 0 Å². The van der Waals surface area contributed by atoms with Crippen LogP contribution in [0.1, 0.15) is 36.8 Å². The fourth-order valence-corrected chi connectivity index (χ4v) is 3.45. The second-order valence-electron chi connectivity index (χ2n) is 6.03. The second kappa shape index (κ2) is 6.52. The number of isocyanates is 1. The Labute approximate surface area is 125 Å². The lowest BCUT2D eigenvalue weighted by atomic mass is 9.88. The topological polar surface area (TPSA) is 41.9 Å². The van der Waals surface area contributed by atoms with Gasteiger partial charge >= 0.3 is 0 Å². The Morgan fingerprint density at radius 1 is 1.14 bits per heavy atom. The summed E-state index contributed by atoms with van der Waals surface area (Å²) in [6.07, 6.45) is 5.99. The summed E-state index contributed by atoms with van der Waals surface area (Å²) in [5.41, 5.74) is 2.16. The highest BCUT2D eigenvalue weighted by molar-refractivity contribution is 5.39. The average molecular weight is 286 g/mol. The van der Waals surface area contributed by atoms with E-state index >= 15 is 0 Å². The van der Waals surface area contributed by atoms with Crippen LogP contribution in [0, 0.1) is 0 Å². The Bertz CT molecular complexity index is 508. The van der Waals surface area contributed by atoms with Gasteiger partial charge in [0.15, 0.2) is 0 Å². The Kier molecular flexibility index (Phi) is 4.49. The van der Waals surface area contributed by atoms with Crippen LogP contribution >= 0.6 is 0 Å². The molecule has 1 aromatic rings. The van der Waals surface area contributed by atoms with E-state index in [1.165, 1.54) is 5.56 Å². The molecular formula is C17H22N2O2. The van der Waals surface area contributed by atoms with E-state index in [1.807, 2.05) is 0 Å². The fraction of sp³-hybridized carbons (Fsp3) is 0.588. The first kappa shape index (κ1) is 14.5. The lowest BCUT2D eigenvalue weighted by Gasteiger charge is -2.27. The van der Waals surface area contributed by atoms with E-state index in [0.29, 0.717) is 0 Å². The van der Waals surface area contributed by atoms with Gasteiger partial charge in [-0.1, -0.05) is 37.1 Å². The summed E-state index contributed by atoms with van der Waals surface area (Å²) < 4.78 is 5.37. The third-order valence-electron chi connectivity index (χ3n) is 4.69. The van der Waals surface area contributed by atoms with E-state index in [0.717, 1.165) is 64.1 Å². The fourth-order valence-electron chi connectivity index (χ4n) is 3.45. The highest BCUT2D eigenvalue weighted by atomic mass is 16.5. The molecule has 0 spiro atoms. The molecular weight excluding hydrogens is 264 g/mol. The van der Waals surface area contributed by atoms with Crippen molar-refractivity contribution < 1.29 is 9.53 Å². The van der Waals surface area contributed by atoms with Crippen molar-refractivity contribution in [3.8, 4) is 0 Å². The molecule has 4 heteroatoms. The molecule has 0 aromatic heterocycles. The first-order valence-electron chi connectivity index (χ1n) is 7.81. The molecule has 0 amide bonds. The van der Waals surface area contributed by atoms with Gasteiger partial charge in [-0.05, 0) is 24.0 Å². The predicted molar refractivity (Wildman–Crippen MR) is 80.8 cm³/mol. The zero-order valence-electron chi connectivity index (χ0n) is 12.4. The van der Waals surface area contributed by atoms with Crippen molar-refractivity contribution in [2.24, 2.45) is 4.99 Å². The minimum atomic E-state index is -0.306. The van der Waals surface area contributed by atoms with Crippen LogP contribution in [0.2, 0.25) is 0 Å². The van der Waals surface area contributed by atoms with Gasteiger partial charge in [-0.3, -0.25) is 4.90 Å². The maximum Gasteiger partial charge on any atom is 0.235 e. The highest BCUT2D eigenvalue weighted by Crippen LogP contribution is 2.42. The molecule has 4 nitrogen and oxygen atoms in total. The molecule has 0 radical (unpaired) electrons. The molecule has 2 aliphatic rings. The zero-order valence-corrected chi connectivity index (χ0v) is 12.4. The molecule has 2 fully saturated rings. The van der Waals surface area contributed by atoms with Gasteiger partial charge in [0.05, 0.1) is 18.8 Å². The van der Waals surface area contributed by atoms with E-state index < -0.39 is 0 Å². The third-order valence-corrected chi connectivity index (χ3v) is 4.69. The van der Waals surface area contributed by atoms with Crippen LogP contribution in [0.25, 0.3) is 0 Å². The van der Waals surface area contributed by atoms with Crippen LogP contribution in [0.5, 0.6) is 0 Å². The molecule has 21 heavy (non-hydrogen) atoms. The molecule has 0 unspecified atom stereocenters. The van der Waals surface area contributed by atoms with Crippen molar-refractivity contribution in [2.45, 2.75) is 37.8 Å². The molecule has 1 saturated heterocycles. The average Bonchev–Trinajstić information content (AvgIpc) is 2.99. The van der Waals surface area contributed by atoms with Gasteiger partial charge in [-0.25, -0.2) is 4.79 Å². The van der Waals surface area contributed by atoms with Gasteiger partial charge < -0.3 is 4.74 Å². The number of hydrogen-bond acceptors (Lipinski definition) is 4. The summed E-state index contributed by atoms with van der Waals surface area (Å²) in [6, 6.07) is 8.63. The van der Waals surface area contributed by atoms with E-state index in [4.69, 9.17) is 4.74 Å². The number of benzene rings is 1. The molecule has 3 rings (SSSR count). The first-order chi connectivity index (χ1) is 10.3. The van der Waals surface area contributed by atoms with Crippen LogP contribution in [0.15, 0.2) is 29.3 Å². The predicted octanol–water partition coefficient (Wildman–Crippen LogP) is 2.62. The minimum Gasteiger partial charge on any atom is -0.379 e. The zero-order chi connectivity index (χ0) is 14.5. The molecule has 0 bridgehead atoms. The number of carbonyl (C=O) groups excluding carboxylic acids is 1. The van der Waals surface area contributed by atoms with E-state index in [9.17, 15) is 4.79 Å². The van der Waals surface area contributed by atoms with Crippen molar-refractivity contribution in [3.05, 3.63) is 35.4 Å². The lowest BCUT2D eigenvalue weighted by molar-refractivity contribution is 0.0342. The molecule has 1 aliphatic heterocycles. The quantitative estimate of drug-likeness (QED) is 0.631. The molecule has 1 saturated carbocycles. The minimum absolute atomic E-state index is 0.306. The van der Waals surface area contributed by atoms with Gasteiger partial charge in [-0.15, -0.1) is 0 Å². The van der Waals surface area contributed by atoms with Crippen LogP contribution in [0.3, 0.4) is 0 Å². The smallest absolute Gasteiger partial charge is 0.235 e. The Balaban J connectivity index is 1.72. The van der Waals surface area contributed by atoms with Crippen LogP contribution in [-0.4, -0.2) is 37.3 Å². The summed E-state index contributed by atoms with van der Waals surface area (Å²) >= 11 is 0. The SMILES string of the molecule is O=C=NC1(c2ccc(CN3CCOCC3)cc2)CCCC1. The standard InChI is InChI=1S/C17H22N2O2/c20-14-18-17(7-1-2-8-17)16-5-3-15(4-6-16)13-19-9-11-21-12-10-19/h3-6H,1-2,7-13H2. The van der Waals surface area contributed by atoms with Gasteiger partial charge in [0, 0.05) is 19.6 Å². The van der Waals surface area contributed by atoms with Crippen molar-refractivity contribution in [3.63, 3.8) is 0 Å². The molecule has 1 heterocycles. The highest BCUT2D eigenvalue weighted by Gasteiger charge is 2.35. The Hall–Kier alpha value is -1.48. The number of rotatable bonds is 4. The Morgan fingerprint density at radius 2 is 1.81 bits per heavy atom. The number of ether oxygens (including phenoxy) is 1. The summed E-state index contributed by atoms with van der Waals surface area (Å²) in [5, 5.41) is 0. The molecule has 1 aliphatic carbocycles. The summed E-state index contributed by atoms with van der Waals surface area (Å²) in [7, 11) is 0. The first-order valence-corrected chi connectivity index (χ1v) is 7.81. The van der Waals surface area contributed by atoms with Gasteiger partial charge in [0.1, 0.15) is 0 Å².